The summed E-state index contributed by atoms with van der Waals surface area (Å²) in [5, 5.41) is 0. The van der Waals surface area contributed by atoms with Crippen LogP contribution in [-0.2, 0) is 14.8 Å². The van der Waals surface area contributed by atoms with Crippen molar-refractivity contribution >= 4 is 43.2 Å². The zero-order chi connectivity index (χ0) is 18.0. The Morgan fingerprint density at radius 1 is 1.12 bits per heavy atom. The Hall–Kier alpha value is -1.86. The van der Waals surface area contributed by atoms with Gasteiger partial charge in [-0.15, -0.1) is 0 Å². The zero-order valence-electron chi connectivity index (χ0n) is 13.8. The predicted molar refractivity (Wildman–Crippen MR) is 102 cm³/mol. The minimum absolute atomic E-state index is 0.121. The van der Waals surface area contributed by atoms with E-state index in [1.807, 2.05) is 6.92 Å². The van der Waals surface area contributed by atoms with E-state index < -0.39 is 10.0 Å². The highest BCUT2D eigenvalue weighted by Crippen LogP contribution is 2.29. The number of carbonyl (C=O) groups excluding carboxylic acids is 1. The third-order valence-electron chi connectivity index (χ3n) is 4.19. The molecule has 0 aliphatic carbocycles. The zero-order valence-corrected chi connectivity index (χ0v) is 16.2. The van der Waals surface area contributed by atoms with Gasteiger partial charge in [0.05, 0.1) is 0 Å². The number of hydrogen-bond donors (Lipinski definition) is 1. The standard InChI is InChI=1S/C18H19BrN2O3S/c1-13-12-14(9-10-16(13)21-11-5-4-8-18(21)22)20-25(23,24)17-7-3-2-6-15(17)19/h2-3,6-7,9-10,12,20H,4-5,8,11H2,1H3. The van der Waals surface area contributed by atoms with Gasteiger partial charge in [0.1, 0.15) is 4.90 Å². The average molecular weight is 423 g/mol. The lowest BCUT2D eigenvalue weighted by atomic mass is 10.1. The molecule has 7 heteroatoms. The fourth-order valence-corrected chi connectivity index (χ4v) is 5.01. The van der Waals surface area contributed by atoms with E-state index in [4.69, 9.17) is 0 Å². The number of halogens is 1. The highest BCUT2D eigenvalue weighted by atomic mass is 79.9. The number of benzene rings is 2. The van der Waals surface area contributed by atoms with Gasteiger partial charge >= 0.3 is 0 Å². The molecule has 5 nitrogen and oxygen atoms in total. The molecule has 25 heavy (non-hydrogen) atoms. The van der Waals surface area contributed by atoms with E-state index in [-0.39, 0.29) is 10.8 Å². The Morgan fingerprint density at radius 2 is 1.88 bits per heavy atom. The summed E-state index contributed by atoms with van der Waals surface area (Å²) in [6, 6.07) is 11.9. The molecular weight excluding hydrogens is 404 g/mol. The number of aryl methyl sites for hydroxylation is 1. The number of amides is 1. The minimum Gasteiger partial charge on any atom is -0.312 e. The third kappa shape index (κ3) is 3.88. The summed E-state index contributed by atoms with van der Waals surface area (Å²) in [4.78, 5) is 14.1. The van der Waals surface area contributed by atoms with Crippen molar-refractivity contribution in [3.05, 3.63) is 52.5 Å². The van der Waals surface area contributed by atoms with E-state index >= 15 is 0 Å². The number of hydrogen-bond acceptors (Lipinski definition) is 3. The lowest BCUT2D eigenvalue weighted by molar-refractivity contribution is -0.119. The molecule has 1 amide bonds. The van der Waals surface area contributed by atoms with Crippen molar-refractivity contribution in [1.29, 1.82) is 0 Å². The van der Waals surface area contributed by atoms with Crippen LogP contribution < -0.4 is 9.62 Å². The van der Waals surface area contributed by atoms with E-state index in [0.29, 0.717) is 23.1 Å². The van der Waals surface area contributed by atoms with E-state index in [1.54, 1.807) is 47.4 Å². The van der Waals surface area contributed by atoms with Crippen LogP contribution in [0.2, 0.25) is 0 Å². The summed E-state index contributed by atoms with van der Waals surface area (Å²) < 4.78 is 28.2. The molecule has 0 unspecified atom stereocenters. The summed E-state index contributed by atoms with van der Waals surface area (Å²) in [7, 11) is -3.69. The summed E-state index contributed by atoms with van der Waals surface area (Å²) in [5.41, 5.74) is 2.18. The van der Waals surface area contributed by atoms with Crippen molar-refractivity contribution in [2.24, 2.45) is 0 Å². The summed E-state index contributed by atoms with van der Waals surface area (Å²) in [5.74, 6) is 0.121. The Balaban J connectivity index is 1.86. The predicted octanol–water partition coefficient (Wildman–Crippen LogP) is 4.08. The quantitative estimate of drug-likeness (QED) is 0.806. The molecule has 0 aromatic heterocycles. The van der Waals surface area contributed by atoms with Crippen LogP contribution >= 0.6 is 15.9 Å². The second kappa shape index (κ2) is 7.17. The first kappa shape index (κ1) is 17.9. The molecule has 0 radical (unpaired) electrons. The molecule has 1 aliphatic heterocycles. The molecule has 0 bridgehead atoms. The Bertz CT molecular complexity index is 912. The number of rotatable bonds is 4. The first-order chi connectivity index (χ1) is 11.9. The van der Waals surface area contributed by atoms with Gasteiger partial charge in [-0.2, -0.15) is 0 Å². The molecule has 132 valence electrons. The van der Waals surface area contributed by atoms with Crippen LogP contribution in [0.3, 0.4) is 0 Å². The Morgan fingerprint density at radius 3 is 2.56 bits per heavy atom. The summed E-state index contributed by atoms with van der Waals surface area (Å²) >= 11 is 3.27. The van der Waals surface area contributed by atoms with E-state index in [1.165, 1.54) is 0 Å². The molecule has 0 spiro atoms. The van der Waals surface area contributed by atoms with Crippen LogP contribution in [0, 0.1) is 6.92 Å². The summed E-state index contributed by atoms with van der Waals surface area (Å²) in [6.45, 7) is 2.59. The molecule has 0 saturated carbocycles. The van der Waals surface area contributed by atoms with Crippen LogP contribution in [0.5, 0.6) is 0 Å². The largest absolute Gasteiger partial charge is 0.312 e. The van der Waals surface area contributed by atoms with E-state index in [2.05, 4.69) is 20.7 Å². The molecule has 3 rings (SSSR count). The molecule has 1 N–H and O–H groups in total. The SMILES string of the molecule is Cc1cc(NS(=O)(=O)c2ccccc2Br)ccc1N1CCCCC1=O. The Kier molecular flexibility index (Phi) is 5.15. The first-order valence-corrected chi connectivity index (χ1v) is 10.3. The number of nitrogens with one attached hydrogen (secondary N) is 1. The topological polar surface area (TPSA) is 66.5 Å². The van der Waals surface area contributed by atoms with Crippen LogP contribution in [0.15, 0.2) is 51.8 Å². The molecule has 1 aliphatic rings. The van der Waals surface area contributed by atoms with Crippen molar-refractivity contribution in [1.82, 2.24) is 0 Å². The van der Waals surface area contributed by atoms with Crippen molar-refractivity contribution in [2.45, 2.75) is 31.1 Å². The lowest BCUT2D eigenvalue weighted by Gasteiger charge is -2.28. The van der Waals surface area contributed by atoms with Crippen molar-refractivity contribution in [3.63, 3.8) is 0 Å². The van der Waals surface area contributed by atoms with Gasteiger partial charge in [0.2, 0.25) is 5.91 Å². The maximum Gasteiger partial charge on any atom is 0.263 e. The van der Waals surface area contributed by atoms with Gasteiger partial charge < -0.3 is 4.90 Å². The molecule has 1 saturated heterocycles. The van der Waals surface area contributed by atoms with E-state index in [0.717, 1.165) is 24.1 Å². The second-order valence-electron chi connectivity index (χ2n) is 6.04. The second-order valence-corrected chi connectivity index (χ2v) is 8.54. The van der Waals surface area contributed by atoms with Gasteiger partial charge in [-0.25, -0.2) is 8.42 Å². The lowest BCUT2D eigenvalue weighted by Crippen LogP contribution is -2.35. The van der Waals surface area contributed by atoms with Crippen LogP contribution in [-0.4, -0.2) is 20.9 Å². The molecule has 2 aromatic rings. The van der Waals surface area contributed by atoms with Gasteiger partial charge in [0.15, 0.2) is 0 Å². The van der Waals surface area contributed by atoms with Crippen LogP contribution in [0.4, 0.5) is 11.4 Å². The van der Waals surface area contributed by atoms with Crippen molar-refractivity contribution in [3.8, 4) is 0 Å². The first-order valence-electron chi connectivity index (χ1n) is 8.07. The van der Waals surface area contributed by atoms with Gasteiger partial charge in [-0.05, 0) is 71.6 Å². The normalized spacial score (nSPS) is 15.3. The molecule has 2 aromatic carbocycles. The van der Waals surface area contributed by atoms with Crippen LogP contribution in [0.25, 0.3) is 0 Å². The summed E-state index contributed by atoms with van der Waals surface area (Å²) in [6.07, 6.45) is 2.48. The monoisotopic (exact) mass is 422 g/mol. The number of piperidine rings is 1. The highest BCUT2D eigenvalue weighted by molar-refractivity contribution is 9.10. The molecule has 0 atom stereocenters. The fraction of sp³-hybridized carbons (Fsp3) is 0.278. The average Bonchev–Trinajstić information content (AvgIpc) is 2.56. The van der Waals surface area contributed by atoms with Gasteiger partial charge in [0, 0.05) is 28.8 Å². The number of nitrogens with zero attached hydrogens (tertiary/aromatic N) is 1. The maximum absolute atomic E-state index is 12.6. The van der Waals surface area contributed by atoms with Gasteiger partial charge in [-0.3, -0.25) is 9.52 Å². The third-order valence-corrected chi connectivity index (χ3v) is 6.58. The van der Waals surface area contributed by atoms with Gasteiger partial charge in [0.25, 0.3) is 10.0 Å². The van der Waals surface area contributed by atoms with Gasteiger partial charge in [-0.1, -0.05) is 12.1 Å². The number of anilines is 2. The highest BCUT2D eigenvalue weighted by Gasteiger charge is 2.22. The number of carbonyl (C=O) groups is 1. The Labute approximate surface area is 156 Å². The van der Waals surface area contributed by atoms with Crippen LogP contribution in [0.1, 0.15) is 24.8 Å². The number of sulfonamides is 1. The minimum atomic E-state index is -3.69. The molecule has 1 heterocycles. The fourth-order valence-electron chi connectivity index (χ4n) is 2.96. The maximum atomic E-state index is 12.6. The molecular formula is C18H19BrN2O3S. The smallest absolute Gasteiger partial charge is 0.263 e. The molecule has 1 fully saturated rings. The van der Waals surface area contributed by atoms with Crippen molar-refractivity contribution < 1.29 is 13.2 Å². The van der Waals surface area contributed by atoms with Crippen molar-refractivity contribution in [2.75, 3.05) is 16.2 Å². The van der Waals surface area contributed by atoms with E-state index in [9.17, 15) is 13.2 Å².